The lowest BCUT2D eigenvalue weighted by atomic mass is 9.94. The van der Waals surface area contributed by atoms with Crippen LogP contribution in [0.3, 0.4) is 0 Å². The van der Waals surface area contributed by atoms with E-state index in [0.29, 0.717) is 37.5 Å². The molecule has 0 saturated carbocycles. The van der Waals surface area contributed by atoms with Gasteiger partial charge >= 0.3 is 12.2 Å². The van der Waals surface area contributed by atoms with Crippen LogP contribution in [0, 0.1) is 12.7 Å². The predicted molar refractivity (Wildman–Crippen MR) is 144 cm³/mol. The molecule has 5 rings (SSSR count). The number of anilines is 1. The molecule has 13 heteroatoms. The summed E-state index contributed by atoms with van der Waals surface area (Å²) in [4.78, 5) is 15.6. The average molecular weight is 572 g/mol. The second-order valence-electron chi connectivity index (χ2n) is 9.85. The van der Waals surface area contributed by atoms with Crippen molar-refractivity contribution in [3.05, 3.63) is 83.3 Å². The Labute approximate surface area is 233 Å². The molecule has 2 aromatic carbocycles. The molecule has 0 radical (unpaired) electrons. The highest BCUT2D eigenvalue weighted by Gasteiger charge is 2.36. The number of benzene rings is 2. The van der Waals surface area contributed by atoms with Gasteiger partial charge in [0.25, 0.3) is 0 Å². The summed E-state index contributed by atoms with van der Waals surface area (Å²) in [5.74, 6) is -0.156. The maximum atomic E-state index is 13.6. The zero-order chi connectivity index (χ0) is 29.1. The van der Waals surface area contributed by atoms with Crippen molar-refractivity contribution in [2.45, 2.75) is 25.1 Å². The van der Waals surface area contributed by atoms with Crippen molar-refractivity contribution in [3.63, 3.8) is 0 Å². The fraction of sp³-hybridized carbons (Fsp3) is 0.321. The topological polar surface area (TPSA) is 100 Å². The summed E-state index contributed by atoms with van der Waals surface area (Å²) in [6.07, 6.45) is -4.60. The van der Waals surface area contributed by atoms with Crippen LogP contribution >= 0.6 is 0 Å². The van der Waals surface area contributed by atoms with Gasteiger partial charge in [-0.05, 0) is 42.8 Å². The number of aromatic nitrogens is 4. The first kappa shape index (κ1) is 28.3. The predicted octanol–water partition coefficient (Wildman–Crippen LogP) is 4.96. The number of para-hydroxylation sites is 1. The van der Waals surface area contributed by atoms with Gasteiger partial charge in [-0.15, -0.1) is 0 Å². The molecule has 1 aliphatic rings. The Morgan fingerprint density at radius 2 is 1.85 bits per heavy atom. The Balaban J connectivity index is 1.42. The number of aromatic amines is 1. The maximum Gasteiger partial charge on any atom is 0.432 e. The lowest BCUT2D eigenvalue weighted by molar-refractivity contribution is -0.141. The number of nitrogens with one attached hydrogen (secondary N) is 3. The van der Waals surface area contributed by atoms with Crippen molar-refractivity contribution in [1.29, 1.82) is 0 Å². The summed E-state index contributed by atoms with van der Waals surface area (Å²) in [5, 5.41) is 16.2. The standard InChI is InChI=1S/C28H29F4N7O2/c1-17-25(22-14-24(36-35-22)28(30,31)32)37-39(20-6-4-3-5-7-20)26(17)34-27(40)33-23-16-38(12-13-41-2)15-21(23)18-8-10-19(29)11-9-18/h3-11,14,21,23H,12-13,15-16H2,1-2H3,(H,35,36)(H2,33,34,40)/t21-,23+/m0/s1. The van der Waals surface area contributed by atoms with Crippen LogP contribution in [-0.4, -0.2) is 70.3 Å². The van der Waals surface area contributed by atoms with E-state index in [1.807, 2.05) is 11.2 Å². The van der Waals surface area contributed by atoms with Gasteiger partial charge in [-0.1, -0.05) is 30.3 Å². The van der Waals surface area contributed by atoms with Gasteiger partial charge in [0.05, 0.1) is 18.3 Å². The zero-order valence-corrected chi connectivity index (χ0v) is 22.4. The molecule has 3 N–H and O–H groups in total. The third-order valence-electron chi connectivity index (χ3n) is 7.10. The number of carbonyl (C=O) groups is 1. The van der Waals surface area contributed by atoms with E-state index in [1.54, 1.807) is 50.4 Å². The van der Waals surface area contributed by atoms with Gasteiger partial charge in [0.2, 0.25) is 0 Å². The molecule has 216 valence electrons. The normalized spacial score (nSPS) is 17.6. The fourth-order valence-electron chi connectivity index (χ4n) is 5.02. The molecule has 1 aliphatic heterocycles. The highest BCUT2D eigenvalue weighted by molar-refractivity contribution is 5.91. The van der Waals surface area contributed by atoms with Crippen LogP contribution in [-0.2, 0) is 10.9 Å². The number of ether oxygens (including phenoxy) is 1. The SMILES string of the molecule is COCCN1C[C@@H](NC(=O)Nc2c(C)c(-c3cc(C(F)(F)F)[nH]n3)nn2-c2ccccc2)[C@H](c2ccc(F)cc2)C1. The fourth-order valence-corrected chi connectivity index (χ4v) is 5.02. The molecule has 1 fully saturated rings. The number of carbonyl (C=O) groups excluding carboxylic acids is 1. The third kappa shape index (κ3) is 6.25. The number of hydrogen-bond donors (Lipinski definition) is 3. The van der Waals surface area contributed by atoms with Gasteiger partial charge in [0.15, 0.2) is 0 Å². The molecule has 0 bridgehead atoms. The lowest BCUT2D eigenvalue weighted by Crippen LogP contribution is -2.42. The van der Waals surface area contributed by atoms with Gasteiger partial charge in [0, 0.05) is 38.2 Å². The number of rotatable bonds is 8. The average Bonchev–Trinajstić information content (AvgIpc) is 3.67. The van der Waals surface area contributed by atoms with Gasteiger partial charge in [-0.2, -0.15) is 23.4 Å². The molecule has 0 unspecified atom stereocenters. The first-order chi connectivity index (χ1) is 19.6. The molecule has 0 spiro atoms. The van der Waals surface area contributed by atoms with E-state index in [2.05, 4.69) is 25.7 Å². The lowest BCUT2D eigenvalue weighted by Gasteiger charge is -2.21. The van der Waals surface area contributed by atoms with Crippen molar-refractivity contribution in [2.24, 2.45) is 0 Å². The second kappa shape index (κ2) is 11.7. The van der Waals surface area contributed by atoms with Gasteiger partial charge in [0.1, 0.15) is 28.7 Å². The minimum atomic E-state index is -4.60. The summed E-state index contributed by atoms with van der Waals surface area (Å²) in [7, 11) is 1.62. The molecule has 41 heavy (non-hydrogen) atoms. The van der Waals surface area contributed by atoms with Crippen LogP contribution in [0.15, 0.2) is 60.7 Å². The summed E-state index contributed by atoms with van der Waals surface area (Å²) in [6, 6.07) is 15.2. The number of nitrogens with zero attached hydrogens (tertiary/aromatic N) is 4. The van der Waals surface area contributed by atoms with E-state index in [9.17, 15) is 22.4 Å². The highest BCUT2D eigenvalue weighted by Crippen LogP contribution is 2.34. The zero-order valence-electron chi connectivity index (χ0n) is 22.4. The molecule has 2 aromatic heterocycles. The van der Waals surface area contributed by atoms with Crippen molar-refractivity contribution in [3.8, 4) is 17.1 Å². The van der Waals surface area contributed by atoms with Crippen molar-refractivity contribution < 1.29 is 27.1 Å². The number of likely N-dealkylation sites (tertiary alicyclic amines) is 1. The summed E-state index contributed by atoms with van der Waals surface area (Å²) in [6.45, 7) is 4.04. The van der Waals surface area contributed by atoms with Crippen LogP contribution in [0.5, 0.6) is 0 Å². The molecular weight excluding hydrogens is 542 g/mol. The van der Waals surface area contributed by atoms with Gasteiger partial charge in [-0.25, -0.2) is 13.9 Å². The van der Waals surface area contributed by atoms with Gasteiger partial charge in [-0.3, -0.25) is 15.3 Å². The van der Waals surface area contributed by atoms with E-state index in [0.717, 1.165) is 11.6 Å². The molecule has 1 saturated heterocycles. The Bertz CT molecular complexity index is 1490. The quantitative estimate of drug-likeness (QED) is 0.260. The number of halogens is 4. The number of amides is 2. The number of methoxy groups -OCH3 is 1. The van der Waals surface area contributed by atoms with Crippen molar-refractivity contribution >= 4 is 11.8 Å². The molecule has 2 atom stereocenters. The Morgan fingerprint density at radius 1 is 1.12 bits per heavy atom. The van der Waals surface area contributed by atoms with Crippen LogP contribution < -0.4 is 10.6 Å². The molecule has 9 nitrogen and oxygen atoms in total. The molecular formula is C28H29F4N7O2. The van der Waals surface area contributed by atoms with E-state index < -0.39 is 17.9 Å². The number of H-pyrrole nitrogens is 1. The Hall–Kier alpha value is -4.23. The Morgan fingerprint density at radius 3 is 2.51 bits per heavy atom. The minimum absolute atomic E-state index is 0.00563. The maximum absolute atomic E-state index is 13.6. The Kier molecular flexibility index (Phi) is 8.08. The third-order valence-corrected chi connectivity index (χ3v) is 7.10. The summed E-state index contributed by atoms with van der Waals surface area (Å²) < 4.78 is 59.9. The summed E-state index contributed by atoms with van der Waals surface area (Å²) in [5.41, 5.74) is 1.11. The monoisotopic (exact) mass is 571 g/mol. The van der Waals surface area contributed by atoms with E-state index in [4.69, 9.17) is 4.74 Å². The van der Waals surface area contributed by atoms with Crippen molar-refractivity contribution in [2.75, 3.05) is 38.7 Å². The molecule has 3 heterocycles. The summed E-state index contributed by atoms with van der Waals surface area (Å²) >= 11 is 0. The second-order valence-corrected chi connectivity index (χ2v) is 9.85. The first-order valence-corrected chi connectivity index (χ1v) is 13.0. The van der Waals surface area contributed by atoms with Crippen molar-refractivity contribution in [1.82, 2.24) is 30.2 Å². The molecule has 0 aliphatic carbocycles. The van der Waals surface area contributed by atoms with E-state index in [-0.39, 0.29) is 35.0 Å². The first-order valence-electron chi connectivity index (χ1n) is 13.0. The van der Waals surface area contributed by atoms with Crippen LogP contribution in [0.25, 0.3) is 17.1 Å². The smallest absolute Gasteiger partial charge is 0.383 e. The number of alkyl halides is 3. The minimum Gasteiger partial charge on any atom is -0.383 e. The number of hydrogen-bond acceptors (Lipinski definition) is 5. The van der Waals surface area contributed by atoms with Crippen LogP contribution in [0.4, 0.5) is 28.2 Å². The van der Waals surface area contributed by atoms with Crippen LogP contribution in [0.2, 0.25) is 0 Å². The molecule has 4 aromatic rings. The van der Waals surface area contributed by atoms with E-state index in [1.165, 1.54) is 16.8 Å². The van der Waals surface area contributed by atoms with E-state index >= 15 is 0 Å². The van der Waals surface area contributed by atoms with Crippen LogP contribution in [0.1, 0.15) is 22.7 Å². The highest BCUT2D eigenvalue weighted by atomic mass is 19.4. The molecule has 2 amide bonds. The number of urea groups is 1. The van der Waals surface area contributed by atoms with Gasteiger partial charge < -0.3 is 10.1 Å². The largest absolute Gasteiger partial charge is 0.432 e.